The van der Waals surface area contributed by atoms with Gasteiger partial charge in [-0.25, -0.2) is 4.68 Å². The van der Waals surface area contributed by atoms with Crippen LogP contribution in [0, 0.1) is 5.92 Å². The number of nitrogens with two attached hydrogens (primary N) is 1. The number of nitrogen functional groups attached to an aromatic ring is 1. The molecule has 0 radical (unpaired) electrons. The summed E-state index contributed by atoms with van der Waals surface area (Å²) in [6.07, 6.45) is 0. The lowest BCUT2D eigenvalue weighted by atomic mass is 10.1. The molecule has 0 fully saturated rings. The molecule has 1 amide bonds. The van der Waals surface area contributed by atoms with Crippen LogP contribution in [0.3, 0.4) is 0 Å². The van der Waals surface area contributed by atoms with Gasteiger partial charge in [-0.3, -0.25) is 4.79 Å². The van der Waals surface area contributed by atoms with Crippen LogP contribution in [0.1, 0.15) is 20.8 Å². The Bertz CT molecular complexity index is 763. The Morgan fingerprint density at radius 3 is 2.54 bits per heavy atom. The number of nitrogens with one attached hydrogen (secondary N) is 1. The third kappa shape index (κ3) is 4.60. The standard InChI is InChI=1S/C17H25N5O3S/c1-10(2)11(3)19-15(23)9-26-17-21-20-16(22(17)18)12-6-7-13(24-4)14(8-12)25-5/h6-8,10-11H,9,18H2,1-5H3,(H,19,23)/t11-/m1/s1. The molecule has 3 N–H and O–H groups in total. The quantitative estimate of drug-likeness (QED) is 0.533. The number of amides is 1. The van der Waals surface area contributed by atoms with E-state index in [1.54, 1.807) is 26.4 Å². The Labute approximate surface area is 157 Å². The van der Waals surface area contributed by atoms with Crippen molar-refractivity contribution in [3.05, 3.63) is 18.2 Å². The molecule has 0 aliphatic heterocycles. The maximum Gasteiger partial charge on any atom is 0.230 e. The number of carbonyl (C=O) groups is 1. The minimum Gasteiger partial charge on any atom is -0.493 e. The Hall–Kier alpha value is -2.42. The zero-order chi connectivity index (χ0) is 19.3. The normalized spacial score (nSPS) is 12.1. The highest BCUT2D eigenvalue weighted by Gasteiger charge is 2.17. The van der Waals surface area contributed by atoms with Gasteiger partial charge < -0.3 is 20.6 Å². The first kappa shape index (κ1) is 19.9. The van der Waals surface area contributed by atoms with E-state index < -0.39 is 0 Å². The number of thioether (sulfide) groups is 1. The number of hydrogen-bond donors (Lipinski definition) is 2. The monoisotopic (exact) mass is 379 g/mol. The average molecular weight is 379 g/mol. The first-order valence-electron chi connectivity index (χ1n) is 8.22. The van der Waals surface area contributed by atoms with E-state index in [0.717, 1.165) is 5.56 Å². The number of aromatic nitrogens is 3. The predicted molar refractivity (Wildman–Crippen MR) is 102 cm³/mol. The van der Waals surface area contributed by atoms with E-state index >= 15 is 0 Å². The second-order valence-corrected chi connectivity index (χ2v) is 7.08. The zero-order valence-corrected chi connectivity index (χ0v) is 16.5. The fraction of sp³-hybridized carbons (Fsp3) is 0.471. The van der Waals surface area contributed by atoms with Gasteiger partial charge in [-0.1, -0.05) is 25.6 Å². The molecular weight excluding hydrogens is 354 g/mol. The number of benzene rings is 1. The van der Waals surface area contributed by atoms with E-state index in [-0.39, 0.29) is 17.7 Å². The van der Waals surface area contributed by atoms with E-state index in [1.807, 2.05) is 13.0 Å². The van der Waals surface area contributed by atoms with Gasteiger partial charge in [-0.2, -0.15) is 0 Å². The van der Waals surface area contributed by atoms with Crippen LogP contribution in [0.2, 0.25) is 0 Å². The molecule has 2 rings (SSSR count). The summed E-state index contributed by atoms with van der Waals surface area (Å²) in [5.41, 5.74) is 0.738. The molecule has 0 spiro atoms. The summed E-state index contributed by atoms with van der Waals surface area (Å²) in [4.78, 5) is 12.0. The van der Waals surface area contributed by atoms with Crippen molar-refractivity contribution in [3.8, 4) is 22.9 Å². The molecule has 0 saturated carbocycles. The van der Waals surface area contributed by atoms with Crippen molar-refractivity contribution in [2.75, 3.05) is 25.8 Å². The smallest absolute Gasteiger partial charge is 0.230 e. The van der Waals surface area contributed by atoms with Gasteiger partial charge in [0, 0.05) is 11.6 Å². The average Bonchev–Trinajstić information content (AvgIpc) is 2.99. The van der Waals surface area contributed by atoms with Crippen molar-refractivity contribution in [1.82, 2.24) is 20.2 Å². The molecule has 0 bridgehead atoms. The molecule has 0 aliphatic carbocycles. The molecule has 1 aromatic heterocycles. The number of methoxy groups -OCH3 is 2. The molecule has 0 saturated heterocycles. The Kier molecular flexibility index (Phi) is 6.73. The van der Waals surface area contributed by atoms with Crippen molar-refractivity contribution in [3.63, 3.8) is 0 Å². The fourth-order valence-electron chi connectivity index (χ4n) is 2.14. The maximum absolute atomic E-state index is 12.0. The number of nitrogens with zero attached hydrogens (tertiary/aromatic N) is 3. The molecular formula is C17H25N5O3S. The molecule has 1 aromatic carbocycles. The molecule has 142 valence electrons. The predicted octanol–water partition coefficient (Wildman–Crippen LogP) is 1.93. The Morgan fingerprint density at radius 2 is 1.92 bits per heavy atom. The number of rotatable bonds is 8. The van der Waals surface area contributed by atoms with Crippen LogP contribution in [-0.2, 0) is 4.79 Å². The van der Waals surface area contributed by atoms with Crippen molar-refractivity contribution in [2.24, 2.45) is 5.92 Å². The second kappa shape index (κ2) is 8.79. The van der Waals surface area contributed by atoms with Crippen LogP contribution in [0.15, 0.2) is 23.4 Å². The fourth-order valence-corrected chi connectivity index (χ4v) is 2.81. The van der Waals surface area contributed by atoms with Gasteiger partial charge in [0.15, 0.2) is 17.3 Å². The van der Waals surface area contributed by atoms with E-state index in [0.29, 0.717) is 28.4 Å². The van der Waals surface area contributed by atoms with Gasteiger partial charge in [-0.05, 0) is 31.0 Å². The van der Waals surface area contributed by atoms with Crippen LogP contribution in [0.25, 0.3) is 11.4 Å². The molecule has 1 atom stereocenters. The molecule has 9 heteroatoms. The van der Waals surface area contributed by atoms with E-state index in [4.69, 9.17) is 15.3 Å². The first-order chi connectivity index (χ1) is 12.4. The van der Waals surface area contributed by atoms with Crippen molar-refractivity contribution < 1.29 is 14.3 Å². The molecule has 8 nitrogen and oxygen atoms in total. The molecule has 1 heterocycles. The van der Waals surface area contributed by atoms with Gasteiger partial charge >= 0.3 is 0 Å². The first-order valence-corrected chi connectivity index (χ1v) is 9.21. The lowest BCUT2D eigenvalue weighted by molar-refractivity contribution is -0.119. The summed E-state index contributed by atoms with van der Waals surface area (Å²) in [5.74, 6) is 8.30. The zero-order valence-electron chi connectivity index (χ0n) is 15.6. The van der Waals surface area contributed by atoms with Crippen LogP contribution in [0.4, 0.5) is 0 Å². The molecule has 26 heavy (non-hydrogen) atoms. The van der Waals surface area contributed by atoms with Crippen LogP contribution >= 0.6 is 11.8 Å². The lowest BCUT2D eigenvalue weighted by Crippen LogP contribution is -2.37. The minimum atomic E-state index is -0.0631. The summed E-state index contributed by atoms with van der Waals surface area (Å²) >= 11 is 1.24. The van der Waals surface area contributed by atoms with Crippen molar-refractivity contribution in [1.29, 1.82) is 0 Å². The van der Waals surface area contributed by atoms with Crippen molar-refractivity contribution in [2.45, 2.75) is 32.0 Å². The highest BCUT2D eigenvalue weighted by molar-refractivity contribution is 7.99. The second-order valence-electron chi connectivity index (χ2n) is 6.13. The van der Waals surface area contributed by atoms with E-state index in [9.17, 15) is 4.79 Å². The molecule has 2 aromatic rings. The van der Waals surface area contributed by atoms with E-state index in [1.165, 1.54) is 16.4 Å². The summed E-state index contributed by atoms with van der Waals surface area (Å²) in [6, 6.07) is 5.48. The van der Waals surface area contributed by atoms with Gasteiger partial charge in [-0.15, -0.1) is 10.2 Å². The third-order valence-electron chi connectivity index (χ3n) is 4.03. The highest BCUT2D eigenvalue weighted by atomic mass is 32.2. The van der Waals surface area contributed by atoms with Gasteiger partial charge in [0.1, 0.15) is 0 Å². The summed E-state index contributed by atoms with van der Waals surface area (Å²) in [5, 5.41) is 11.6. The summed E-state index contributed by atoms with van der Waals surface area (Å²) in [7, 11) is 3.13. The SMILES string of the molecule is COc1ccc(-c2nnc(SCC(=O)N[C@H](C)C(C)C)n2N)cc1OC. The Morgan fingerprint density at radius 1 is 1.23 bits per heavy atom. The molecule has 0 unspecified atom stereocenters. The van der Waals surface area contributed by atoms with E-state index in [2.05, 4.69) is 29.4 Å². The van der Waals surface area contributed by atoms with Gasteiger partial charge in [0.2, 0.25) is 11.1 Å². The summed E-state index contributed by atoms with van der Waals surface area (Å²) in [6.45, 7) is 6.10. The lowest BCUT2D eigenvalue weighted by Gasteiger charge is -2.17. The van der Waals surface area contributed by atoms with Crippen LogP contribution in [0.5, 0.6) is 11.5 Å². The maximum atomic E-state index is 12.0. The highest BCUT2D eigenvalue weighted by Crippen LogP contribution is 2.32. The largest absolute Gasteiger partial charge is 0.493 e. The van der Waals surface area contributed by atoms with Gasteiger partial charge in [0.25, 0.3) is 0 Å². The van der Waals surface area contributed by atoms with Crippen LogP contribution < -0.4 is 20.6 Å². The molecule has 0 aliphatic rings. The van der Waals surface area contributed by atoms with Crippen molar-refractivity contribution >= 4 is 17.7 Å². The number of ether oxygens (including phenoxy) is 2. The Balaban J connectivity index is 2.09. The van der Waals surface area contributed by atoms with Crippen LogP contribution in [-0.4, -0.2) is 46.8 Å². The number of carbonyl (C=O) groups excluding carboxylic acids is 1. The number of hydrogen-bond acceptors (Lipinski definition) is 7. The topological polar surface area (TPSA) is 104 Å². The summed E-state index contributed by atoms with van der Waals surface area (Å²) < 4.78 is 11.9. The minimum absolute atomic E-state index is 0.0631. The van der Waals surface area contributed by atoms with Gasteiger partial charge in [0.05, 0.1) is 20.0 Å². The third-order valence-corrected chi connectivity index (χ3v) is 4.97.